The molecule has 0 aliphatic carbocycles. The number of aryl methyl sites for hydroxylation is 1. The van der Waals surface area contributed by atoms with Crippen molar-refractivity contribution in [3.63, 3.8) is 0 Å². The van der Waals surface area contributed by atoms with Crippen molar-refractivity contribution in [2.45, 2.75) is 13.6 Å². The first kappa shape index (κ1) is 20.4. The Bertz CT molecular complexity index is 1070. The van der Waals surface area contributed by atoms with Crippen LogP contribution in [0.5, 0.6) is 0 Å². The molecule has 0 unspecified atom stereocenters. The third-order valence-corrected chi connectivity index (χ3v) is 4.48. The fourth-order valence-corrected chi connectivity index (χ4v) is 2.89. The maximum Gasteiger partial charge on any atom is 0.276 e. The molecule has 3 aromatic rings. The van der Waals surface area contributed by atoms with Gasteiger partial charge in [-0.1, -0.05) is 11.6 Å². The van der Waals surface area contributed by atoms with E-state index in [0.717, 1.165) is 0 Å². The van der Waals surface area contributed by atoms with Crippen LogP contribution in [-0.2, 0) is 6.67 Å². The van der Waals surface area contributed by atoms with Crippen LogP contribution in [0.3, 0.4) is 0 Å². The molecule has 3 N–H and O–H groups in total. The summed E-state index contributed by atoms with van der Waals surface area (Å²) in [5, 5.41) is 11.8. The number of rotatable bonds is 5. The highest BCUT2D eigenvalue weighted by Crippen LogP contribution is 2.29. The molecule has 2 aromatic heterocycles. The van der Waals surface area contributed by atoms with Gasteiger partial charge in [-0.15, -0.1) is 0 Å². The van der Waals surface area contributed by atoms with E-state index in [1.807, 2.05) is 0 Å². The smallest absolute Gasteiger partial charge is 0.276 e. The van der Waals surface area contributed by atoms with Crippen molar-refractivity contribution in [3.8, 4) is 11.3 Å². The molecule has 0 fully saturated rings. The Morgan fingerprint density at radius 1 is 1.14 bits per heavy atom. The third-order valence-electron chi connectivity index (χ3n) is 4.15. The SMILES string of the molecule is Cc1nc(CF)ccc1C(=O)Nc1ccc(Cl)c(-c2ccc(C(=O)NO)cn2)c1. The van der Waals surface area contributed by atoms with Gasteiger partial charge in [0.05, 0.1) is 33.2 Å². The van der Waals surface area contributed by atoms with Gasteiger partial charge in [0.25, 0.3) is 11.8 Å². The maximum atomic E-state index is 12.7. The number of aromatic nitrogens is 2. The first-order chi connectivity index (χ1) is 13.9. The second-order valence-corrected chi connectivity index (χ2v) is 6.50. The van der Waals surface area contributed by atoms with Crippen molar-refractivity contribution in [3.05, 3.63) is 76.2 Å². The Morgan fingerprint density at radius 3 is 2.55 bits per heavy atom. The molecule has 1 aromatic carbocycles. The average molecular weight is 415 g/mol. The van der Waals surface area contributed by atoms with E-state index in [2.05, 4.69) is 15.3 Å². The third kappa shape index (κ3) is 4.56. The first-order valence-corrected chi connectivity index (χ1v) is 8.85. The van der Waals surface area contributed by atoms with Crippen LogP contribution in [0.4, 0.5) is 10.1 Å². The highest BCUT2D eigenvalue weighted by molar-refractivity contribution is 6.33. The lowest BCUT2D eigenvalue weighted by molar-refractivity contribution is 0.0706. The van der Waals surface area contributed by atoms with E-state index in [1.54, 1.807) is 31.2 Å². The zero-order chi connectivity index (χ0) is 21.0. The Morgan fingerprint density at radius 2 is 1.93 bits per heavy atom. The summed E-state index contributed by atoms with van der Waals surface area (Å²) in [6.07, 6.45) is 1.30. The largest absolute Gasteiger partial charge is 0.322 e. The number of hydrogen-bond acceptors (Lipinski definition) is 5. The van der Waals surface area contributed by atoms with E-state index in [1.165, 1.54) is 29.9 Å². The molecule has 9 heteroatoms. The van der Waals surface area contributed by atoms with Gasteiger partial charge in [-0.25, -0.2) is 9.87 Å². The quantitative estimate of drug-likeness (QED) is 0.433. The number of nitrogens with one attached hydrogen (secondary N) is 2. The highest BCUT2D eigenvalue weighted by Gasteiger charge is 2.14. The van der Waals surface area contributed by atoms with Crippen LogP contribution in [-0.4, -0.2) is 27.0 Å². The molecular formula is C20H16ClFN4O3. The molecule has 0 atom stereocenters. The Balaban J connectivity index is 1.85. The normalized spacial score (nSPS) is 10.5. The highest BCUT2D eigenvalue weighted by atomic mass is 35.5. The van der Waals surface area contributed by atoms with Crippen molar-refractivity contribution >= 4 is 29.1 Å². The molecule has 2 amide bonds. The molecule has 0 saturated carbocycles. The minimum atomic E-state index is -0.699. The minimum absolute atomic E-state index is 0.177. The number of alkyl halides is 1. The standard InChI is InChI=1S/C20H16ClFN4O3/c1-11-15(5-3-14(9-22)24-11)20(28)25-13-4-6-17(21)16(8-13)18-7-2-12(10-23-18)19(27)26-29/h2-8,10,29H,9H2,1H3,(H,25,28)(H,26,27). The molecule has 7 nitrogen and oxygen atoms in total. The van der Waals surface area contributed by atoms with E-state index in [4.69, 9.17) is 16.8 Å². The van der Waals surface area contributed by atoms with Crippen LogP contribution in [0.25, 0.3) is 11.3 Å². The number of carbonyl (C=O) groups excluding carboxylic acids is 2. The molecule has 3 rings (SSSR count). The molecule has 0 spiro atoms. The van der Waals surface area contributed by atoms with Gasteiger partial charge in [0.15, 0.2) is 0 Å². The number of hydrogen-bond donors (Lipinski definition) is 3. The summed E-state index contributed by atoms with van der Waals surface area (Å²) in [5.41, 5.74) is 4.22. The van der Waals surface area contributed by atoms with Crippen molar-refractivity contribution < 1.29 is 19.2 Å². The molecule has 0 bridgehead atoms. The summed E-state index contributed by atoms with van der Waals surface area (Å²) in [5.74, 6) is -1.07. The monoisotopic (exact) mass is 414 g/mol. The van der Waals surface area contributed by atoms with Crippen LogP contribution in [0, 0.1) is 6.92 Å². The fourth-order valence-electron chi connectivity index (χ4n) is 2.68. The summed E-state index contributed by atoms with van der Waals surface area (Å²) in [6, 6.07) is 10.9. The second kappa shape index (κ2) is 8.76. The molecule has 0 radical (unpaired) electrons. The van der Waals surface area contributed by atoms with Gasteiger partial charge in [0.1, 0.15) is 6.67 Å². The average Bonchev–Trinajstić information content (AvgIpc) is 2.74. The topological polar surface area (TPSA) is 104 Å². The van der Waals surface area contributed by atoms with Gasteiger partial charge in [-0.3, -0.25) is 24.8 Å². The number of amides is 2. The molecule has 2 heterocycles. The van der Waals surface area contributed by atoms with Crippen LogP contribution in [0.1, 0.15) is 32.1 Å². The number of halogens is 2. The zero-order valence-corrected chi connectivity index (χ0v) is 16.0. The van der Waals surface area contributed by atoms with Crippen molar-refractivity contribution in [2.75, 3.05) is 5.32 Å². The number of anilines is 1. The van der Waals surface area contributed by atoms with Crippen molar-refractivity contribution in [1.82, 2.24) is 15.4 Å². The van der Waals surface area contributed by atoms with E-state index in [9.17, 15) is 14.0 Å². The Hall–Kier alpha value is -3.36. The van der Waals surface area contributed by atoms with Crippen LogP contribution < -0.4 is 10.8 Å². The maximum absolute atomic E-state index is 12.7. The number of benzene rings is 1. The van der Waals surface area contributed by atoms with Gasteiger partial charge < -0.3 is 5.32 Å². The van der Waals surface area contributed by atoms with Crippen molar-refractivity contribution in [2.24, 2.45) is 0 Å². The van der Waals surface area contributed by atoms with Gasteiger partial charge in [-0.2, -0.15) is 0 Å². The summed E-state index contributed by atoms with van der Waals surface area (Å²) in [4.78, 5) is 32.2. The molecule has 0 aliphatic heterocycles. The zero-order valence-electron chi connectivity index (χ0n) is 15.2. The number of pyridine rings is 2. The van der Waals surface area contributed by atoms with Gasteiger partial charge in [-0.05, 0) is 49.4 Å². The Labute approximate surface area is 170 Å². The molecule has 0 aliphatic rings. The van der Waals surface area contributed by atoms with E-state index < -0.39 is 18.5 Å². The van der Waals surface area contributed by atoms with Gasteiger partial charge >= 0.3 is 0 Å². The lowest BCUT2D eigenvalue weighted by atomic mass is 10.1. The molecule has 0 saturated heterocycles. The van der Waals surface area contributed by atoms with Crippen LogP contribution >= 0.6 is 11.6 Å². The lowest BCUT2D eigenvalue weighted by Gasteiger charge is -2.11. The lowest BCUT2D eigenvalue weighted by Crippen LogP contribution is -2.18. The minimum Gasteiger partial charge on any atom is -0.322 e. The number of hydroxylamine groups is 1. The van der Waals surface area contributed by atoms with Crippen LogP contribution in [0.2, 0.25) is 5.02 Å². The first-order valence-electron chi connectivity index (χ1n) is 8.47. The van der Waals surface area contributed by atoms with Gasteiger partial charge in [0, 0.05) is 17.4 Å². The van der Waals surface area contributed by atoms with E-state index in [0.29, 0.717) is 33.2 Å². The van der Waals surface area contributed by atoms with E-state index in [-0.39, 0.29) is 11.3 Å². The fraction of sp³-hybridized carbons (Fsp3) is 0.100. The van der Waals surface area contributed by atoms with E-state index >= 15 is 0 Å². The number of carbonyl (C=O) groups is 2. The predicted octanol–water partition coefficient (Wildman–Crippen LogP) is 3.95. The second-order valence-electron chi connectivity index (χ2n) is 6.09. The molecule has 29 heavy (non-hydrogen) atoms. The van der Waals surface area contributed by atoms with Crippen molar-refractivity contribution in [1.29, 1.82) is 0 Å². The number of nitrogens with zero attached hydrogens (tertiary/aromatic N) is 2. The van der Waals surface area contributed by atoms with Gasteiger partial charge in [0.2, 0.25) is 0 Å². The Kier molecular flexibility index (Phi) is 6.16. The summed E-state index contributed by atoms with van der Waals surface area (Å²) in [6.45, 7) is 0.935. The predicted molar refractivity (Wildman–Crippen MR) is 106 cm³/mol. The summed E-state index contributed by atoms with van der Waals surface area (Å²) < 4.78 is 12.7. The molecular weight excluding hydrogens is 399 g/mol. The molecule has 148 valence electrons. The summed E-state index contributed by atoms with van der Waals surface area (Å²) >= 11 is 6.26. The van der Waals surface area contributed by atoms with Crippen LogP contribution in [0.15, 0.2) is 48.7 Å². The summed E-state index contributed by atoms with van der Waals surface area (Å²) in [7, 11) is 0.